The van der Waals surface area contributed by atoms with Gasteiger partial charge in [0.25, 0.3) is 5.91 Å². The molecular weight excluding hydrogens is 435 g/mol. The van der Waals surface area contributed by atoms with Crippen molar-refractivity contribution < 1.29 is 28.2 Å². The molecule has 0 aliphatic rings. The molecule has 0 bridgehead atoms. The van der Waals surface area contributed by atoms with Crippen molar-refractivity contribution in [2.75, 3.05) is 30.1 Å². The highest BCUT2D eigenvalue weighted by molar-refractivity contribution is 8.01. The van der Waals surface area contributed by atoms with E-state index in [1.54, 1.807) is 19.1 Å². The highest BCUT2D eigenvalue weighted by Crippen LogP contribution is 2.27. The molecule has 7 nitrogen and oxygen atoms in total. The van der Waals surface area contributed by atoms with E-state index in [1.807, 2.05) is 0 Å². The van der Waals surface area contributed by atoms with Crippen molar-refractivity contribution in [3.8, 4) is 5.75 Å². The fourth-order valence-electron chi connectivity index (χ4n) is 2.19. The van der Waals surface area contributed by atoms with Crippen LogP contribution in [0.15, 0.2) is 42.5 Å². The number of hydrogen-bond acceptors (Lipinski definition) is 6. The topological polar surface area (TPSA) is 93.7 Å². The lowest BCUT2D eigenvalue weighted by atomic mass is 10.3. The molecule has 160 valence electrons. The third kappa shape index (κ3) is 7.57. The van der Waals surface area contributed by atoms with E-state index < -0.39 is 29.6 Å². The van der Waals surface area contributed by atoms with Gasteiger partial charge in [-0.25, -0.2) is 4.39 Å². The van der Waals surface area contributed by atoms with Gasteiger partial charge in [-0.2, -0.15) is 0 Å². The summed E-state index contributed by atoms with van der Waals surface area (Å²) >= 11 is 7.04. The van der Waals surface area contributed by atoms with Crippen molar-refractivity contribution in [3.05, 3.63) is 53.3 Å². The van der Waals surface area contributed by atoms with Gasteiger partial charge in [0.15, 0.2) is 6.61 Å². The van der Waals surface area contributed by atoms with Crippen molar-refractivity contribution in [3.63, 3.8) is 0 Å². The number of carbonyl (C=O) groups is 3. The van der Waals surface area contributed by atoms with Gasteiger partial charge in [-0.05, 0) is 49.4 Å². The van der Waals surface area contributed by atoms with Crippen LogP contribution in [-0.2, 0) is 19.1 Å². The number of esters is 1. The lowest BCUT2D eigenvalue weighted by Crippen LogP contribution is -2.26. The summed E-state index contributed by atoms with van der Waals surface area (Å²) in [6.45, 7) is 1.09. The summed E-state index contributed by atoms with van der Waals surface area (Å²) in [4.78, 5) is 35.9. The first-order chi connectivity index (χ1) is 14.3. The summed E-state index contributed by atoms with van der Waals surface area (Å²) < 4.78 is 22.9. The molecule has 0 aliphatic heterocycles. The average Bonchev–Trinajstić information content (AvgIpc) is 2.72. The first-order valence-corrected chi connectivity index (χ1v) is 10.2. The van der Waals surface area contributed by atoms with E-state index >= 15 is 0 Å². The second kappa shape index (κ2) is 11.4. The Kier molecular flexibility index (Phi) is 8.94. The smallest absolute Gasteiger partial charge is 0.319 e. The number of amides is 2. The Morgan fingerprint density at radius 3 is 2.33 bits per heavy atom. The molecule has 1 atom stereocenters. The molecule has 0 aromatic heterocycles. The quantitative estimate of drug-likeness (QED) is 0.561. The van der Waals surface area contributed by atoms with Crippen molar-refractivity contribution in [1.29, 1.82) is 0 Å². The first-order valence-electron chi connectivity index (χ1n) is 8.75. The lowest BCUT2D eigenvalue weighted by Gasteiger charge is -2.12. The van der Waals surface area contributed by atoms with E-state index in [0.717, 1.165) is 11.8 Å². The molecular formula is C20H20ClFN2O5S. The van der Waals surface area contributed by atoms with Crippen LogP contribution >= 0.6 is 23.4 Å². The second-order valence-corrected chi connectivity index (χ2v) is 7.75. The Morgan fingerprint density at radius 2 is 1.70 bits per heavy atom. The van der Waals surface area contributed by atoms with Crippen LogP contribution in [0.5, 0.6) is 5.75 Å². The SMILES string of the molecule is COc1ccc(NC(=O)COC(=O)[C@H](C)SCC(=O)Nc2ccc(F)cc2)cc1Cl. The van der Waals surface area contributed by atoms with E-state index in [0.29, 0.717) is 22.1 Å². The number of carbonyl (C=O) groups excluding carboxylic acids is 3. The van der Waals surface area contributed by atoms with Crippen LogP contribution in [0.1, 0.15) is 6.92 Å². The molecule has 2 N–H and O–H groups in total. The number of benzene rings is 2. The van der Waals surface area contributed by atoms with Crippen molar-refractivity contribution in [2.24, 2.45) is 0 Å². The minimum absolute atomic E-state index is 0.00974. The van der Waals surface area contributed by atoms with Crippen molar-refractivity contribution in [2.45, 2.75) is 12.2 Å². The van der Waals surface area contributed by atoms with Crippen LogP contribution in [-0.4, -0.2) is 42.5 Å². The number of hydrogen-bond donors (Lipinski definition) is 2. The predicted molar refractivity (Wildman–Crippen MR) is 115 cm³/mol. The summed E-state index contributed by atoms with van der Waals surface area (Å²) in [6, 6.07) is 10.0. The third-order valence-electron chi connectivity index (χ3n) is 3.71. The van der Waals surface area contributed by atoms with Gasteiger partial charge in [-0.3, -0.25) is 14.4 Å². The normalized spacial score (nSPS) is 11.3. The maximum atomic E-state index is 12.9. The van der Waals surface area contributed by atoms with Crippen molar-refractivity contribution >= 4 is 52.5 Å². The molecule has 0 heterocycles. The maximum Gasteiger partial charge on any atom is 0.319 e. The number of methoxy groups -OCH3 is 1. The second-order valence-electron chi connectivity index (χ2n) is 6.01. The molecule has 0 fully saturated rings. The van der Waals surface area contributed by atoms with Crippen LogP contribution in [0, 0.1) is 5.82 Å². The Labute approximate surface area is 182 Å². The molecule has 0 radical (unpaired) electrons. The van der Waals surface area contributed by atoms with Crippen LogP contribution in [0.4, 0.5) is 15.8 Å². The molecule has 0 saturated carbocycles. The molecule has 0 unspecified atom stereocenters. The summed E-state index contributed by atoms with van der Waals surface area (Å²) in [5.41, 5.74) is 0.884. The standard InChI is InChI=1S/C20H20ClFN2O5S/c1-12(30-11-19(26)23-14-5-3-13(22)4-6-14)20(27)29-10-18(25)24-15-7-8-17(28-2)16(21)9-15/h3-9,12H,10-11H2,1-2H3,(H,23,26)(H,24,25)/t12-/m0/s1. The number of halogens is 2. The molecule has 2 aromatic rings. The Morgan fingerprint density at radius 1 is 1.07 bits per heavy atom. The Bertz CT molecular complexity index is 911. The summed E-state index contributed by atoms with van der Waals surface area (Å²) in [5, 5.41) is 4.82. The van der Waals surface area contributed by atoms with Crippen LogP contribution in [0.2, 0.25) is 5.02 Å². The van der Waals surface area contributed by atoms with Gasteiger partial charge in [-0.1, -0.05) is 11.6 Å². The van der Waals surface area contributed by atoms with Crippen LogP contribution in [0.25, 0.3) is 0 Å². The molecule has 2 aromatic carbocycles. The molecule has 10 heteroatoms. The zero-order valence-corrected chi connectivity index (χ0v) is 17.8. The van der Waals surface area contributed by atoms with Crippen LogP contribution in [0.3, 0.4) is 0 Å². The maximum absolute atomic E-state index is 12.9. The third-order valence-corrected chi connectivity index (χ3v) is 5.12. The summed E-state index contributed by atoms with van der Waals surface area (Å²) in [5.74, 6) is -1.45. The van der Waals surface area contributed by atoms with Crippen LogP contribution < -0.4 is 15.4 Å². The van der Waals surface area contributed by atoms with E-state index in [-0.39, 0.29) is 11.7 Å². The van der Waals surface area contributed by atoms with E-state index in [1.165, 1.54) is 37.4 Å². The van der Waals surface area contributed by atoms with Crippen molar-refractivity contribution in [1.82, 2.24) is 0 Å². The van der Waals surface area contributed by atoms with Gasteiger partial charge in [0.2, 0.25) is 5.91 Å². The molecule has 0 aliphatic carbocycles. The van der Waals surface area contributed by atoms with E-state index in [9.17, 15) is 18.8 Å². The molecule has 30 heavy (non-hydrogen) atoms. The number of ether oxygens (including phenoxy) is 2. The number of nitrogens with one attached hydrogen (secondary N) is 2. The lowest BCUT2D eigenvalue weighted by molar-refractivity contribution is -0.146. The van der Waals surface area contributed by atoms with Gasteiger partial charge in [0.05, 0.1) is 17.9 Å². The molecule has 2 rings (SSSR count). The number of rotatable bonds is 9. The highest BCUT2D eigenvalue weighted by atomic mass is 35.5. The fourth-order valence-corrected chi connectivity index (χ4v) is 3.13. The molecule has 0 spiro atoms. The predicted octanol–water partition coefficient (Wildman–Crippen LogP) is 3.73. The van der Waals surface area contributed by atoms with Gasteiger partial charge < -0.3 is 20.1 Å². The zero-order valence-electron chi connectivity index (χ0n) is 16.2. The largest absolute Gasteiger partial charge is 0.495 e. The monoisotopic (exact) mass is 454 g/mol. The highest BCUT2D eigenvalue weighted by Gasteiger charge is 2.18. The molecule has 0 saturated heterocycles. The zero-order chi connectivity index (χ0) is 22.1. The Hall–Kier alpha value is -2.78. The average molecular weight is 455 g/mol. The minimum atomic E-state index is -0.660. The van der Waals surface area contributed by atoms with Gasteiger partial charge in [0.1, 0.15) is 16.8 Å². The summed E-state index contributed by atoms with van der Waals surface area (Å²) in [6.07, 6.45) is 0. The fraction of sp³-hybridized carbons (Fsp3) is 0.250. The van der Waals surface area contributed by atoms with Gasteiger partial charge in [0, 0.05) is 11.4 Å². The van der Waals surface area contributed by atoms with Gasteiger partial charge >= 0.3 is 5.97 Å². The first kappa shape index (κ1) is 23.5. The number of anilines is 2. The van der Waals surface area contributed by atoms with Gasteiger partial charge in [-0.15, -0.1) is 11.8 Å². The Balaban J connectivity index is 1.71. The van der Waals surface area contributed by atoms with E-state index in [4.69, 9.17) is 21.1 Å². The summed E-state index contributed by atoms with van der Waals surface area (Å²) in [7, 11) is 1.48. The minimum Gasteiger partial charge on any atom is -0.495 e. The van der Waals surface area contributed by atoms with E-state index in [2.05, 4.69) is 10.6 Å². The number of thioether (sulfide) groups is 1. The molecule has 2 amide bonds.